The molecule has 0 amide bonds. The molecule has 1 heterocycles. The molecule has 0 unspecified atom stereocenters. The molecule has 0 radical (unpaired) electrons. The summed E-state index contributed by atoms with van der Waals surface area (Å²) in [4.78, 5) is 2.31. The van der Waals surface area contributed by atoms with Gasteiger partial charge in [0.1, 0.15) is 5.76 Å². The minimum Gasteiger partial charge on any atom is -0.468 e. The van der Waals surface area contributed by atoms with Gasteiger partial charge in [0.15, 0.2) is 0 Å². The van der Waals surface area contributed by atoms with Crippen molar-refractivity contribution in [2.24, 2.45) is 0 Å². The summed E-state index contributed by atoms with van der Waals surface area (Å²) in [5.74, 6) is 1.07. The maximum atomic E-state index is 5.50. The van der Waals surface area contributed by atoms with Gasteiger partial charge in [0.2, 0.25) is 0 Å². The van der Waals surface area contributed by atoms with Gasteiger partial charge in [-0.15, -0.1) is 0 Å². The van der Waals surface area contributed by atoms with Gasteiger partial charge in [0.05, 0.1) is 12.8 Å². The van der Waals surface area contributed by atoms with Crippen LogP contribution in [0.5, 0.6) is 0 Å². The molecule has 16 heavy (non-hydrogen) atoms. The van der Waals surface area contributed by atoms with Gasteiger partial charge >= 0.3 is 0 Å². The number of nitrogens with one attached hydrogen (secondary N) is 1. The van der Waals surface area contributed by atoms with E-state index in [1.54, 1.807) is 6.26 Å². The van der Waals surface area contributed by atoms with E-state index in [0.717, 1.165) is 31.8 Å². The molecule has 0 aliphatic heterocycles. The molecular formula is C13H24N2O. The molecule has 0 aliphatic carbocycles. The van der Waals surface area contributed by atoms with Gasteiger partial charge in [-0.2, -0.15) is 0 Å². The highest BCUT2D eigenvalue weighted by atomic mass is 16.3. The monoisotopic (exact) mass is 224 g/mol. The van der Waals surface area contributed by atoms with Crippen molar-refractivity contribution in [2.45, 2.75) is 46.3 Å². The minimum absolute atomic E-state index is 0.561. The van der Waals surface area contributed by atoms with Crippen molar-refractivity contribution in [3.8, 4) is 0 Å². The summed E-state index contributed by atoms with van der Waals surface area (Å²) in [6, 6.07) is 2.63. The summed E-state index contributed by atoms with van der Waals surface area (Å²) in [5, 5.41) is 3.37. The maximum Gasteiger partial charge on any atom is 0.122 e. The van der Waals surface area contributed by atoms with Gasteiger partial charge in [0, 0.05) is 18.2 Å². The number of rotatable bonds is 7. The lowest BCUT2D eigenvalue weighted by molar-refractivity contribution is 0.263. The van der Waals surface area contributed by atoms with E-state index in [2.05, 4.69) is 44.1 Å². The molecule has 3 nitrogen and oxygen atoms in total. The summed E-state index contributed by atoms with van der Waals surface area (Å²) in [7, 11) is 2.14. The van der Waals surface area contributed by atoms with Crippen LogP contribution in [-0.2, 0) is 13.1 Å². The van der Waals surface area contributed by atoms with Gasteiger partial charge in [0.25, 0.3) is 0 Å². The average Bonchev–Trinajstić information content (AvgIpc) is 2.66. The van der Waals surface area contributed by atoms with E-state index in [0.29, 0.717) is 6.04 Å². The van der Waals surface area contributed by atoms with Crippen LogP contribution in [0.1, 0.15) is 38.5 Å². The smallest absolute Gasteiger partial charge is 0.122 e. The average molecular weight is 224 g/mol. The van der Waals surface area contributed by atoms with Crippen molar-refractivity contribution in [3.63, 3.8) is 0 Å². The molecular weight excluding hydrogens is 200 g/mol. The van der Waals surface area contributed by atoms with Gasteiger partial charge in [-0.1, -0.05) is 6.92 Å². The molecule has 1 aromatic rings. The van der Waals surface area contributed by atoms with Crippen molar-refractivity contribution in [1.29, 1.82) is 0 Å². The zero-order valence-corrected chi connectivity index (χ0v) is 10.9. The third kappa shape index (κ3) is 3.99. The highest BCUT2D eigenvalue weighted by Gasteiger charge is 2.10. The van der Waals surface area contributed by atoms with Crippen LogP contribution < -0.4 is 5.32 Å². The first-order chi connectivity index (χ1) is 7.65. The van der Waals surface area contributed by atoms with Gasteiger partial charge in [-0.25, -0.2) is 0 Å². The summed E-state index contributed by atoms with van der Waals surface area (Å²) in [6.07, 6.45) is 2.94. The molecule has 3 heteroatoms. The SMILES string of the molecule is CCCNCc1occc1CN(C)C(C)C. The third-order valence-electron chi connectivity index (χ3n) is 2.85. The van der Waals surface area contributed by atoms with E-state index in [1.807, 2.05) is 0 Å². The summed E-state index contributed by atoms with van der Waals surface area (Å²) in [6.45, 7) is 9.41. The predicted octanol–water partition coefficient (Wildman–Crippen LogP) is 2.62. The summed E-state index contributed by atoms with van der Waals surface area (Å²) in [5.41, 5.74) is 1.29. The quantitative estimate of drug-likeness (QED) is 0.722. The molecule has 0 atom stereocenters. The predicted molar refractivity (Wildman–Crippen MR) is 67.3 cm³/mol. The minimum atomic E-state index is 0.561. The van der Waals surface area contributed by atoms with E-state index in [1.165, 1.54) is 5.56 Å². The van der Waals surface area contributed by atoms with Crippen molar-refractivity contribution < 1.29 is 4.42 Å². The Morgan fingerprint density at radius 1 is 1.44 bits per heavy atom. The Morgan fingerprint density at radius 3 is 2.81 bits per heavy atom. The second kappa shape index (κ2) is 6.71. The number of hydrogen-bond acceptors (Lipinski definition) is 3. The van der Waals surface area contributed by atoms with Gasteiger partial charge in [-0.3, -0.25) is 4.90 Å². The molecule has 1 N–H and O–H groups in total. The number of furan rings is 1. The van der Waals surface area contributed by atoms with E-state index in [-0.39, 0.29) is 0 Å². The second-order valence-corrected chi connectivity index (χ2v) is 4.55. The van der Waals surface area contributed by atoms with Crippen LogP contribution >= 0.6 is 0 Å². The van der Waals surface area contributed by atoms with Crippen molar-refractivity contribution in [3.05, 3.63) is 23.7 Å². The number of nitrogens with zero attached hydrogens (tertiary/aromatic N) is 1. The largest absolute Gasteiger partial charge is 0.468 e. The fraction of sp³-hybridized carbons (Fsp3) is 0.692. The standard InChI is InChI=1S/C13H24N2O/c1-5-7-14-9-13-12(6-8-16-13)10-15(4)11(2)3/h6,8,11,14H,5,7,9-10H2,1-4H3. The first kappa shape index (κ1) is 13.3. The van der Waals surface area contributed by atoms with Crippen LogP contribution in [0.15, 0.2) is 16.7 Å². The second-order valence-electron chi connectivity index (χ2n) is 4.55. The van der Waals surface area contributed by atoms with Crippen LogP contribution in [0.4, 0.5) is 0 Å². The van der Waals surface area contributed by atoms with Gasteiger partial charge in [-0.05, 0) is 39.9 Å². The zero-order valence-electron chi connectivity index (χ0n) is 10.9. The number of hydrogen-bond donors (Lipinski definition) is 1. The fourth-order valence-corrected chi connectivity index (χ4v) is 1.49. The molecule has 92 valence electrons. The summed E-state index contributed by atoms with van der Waals surface area (Å²) >= 11 is 0. The van der Waals surface area contributed by atoms with E-state index >= 15 is 0 Å². The normalized spacial score (nSPS) is 11.6. The van der Waals surface area contributed by atoms with Crippen molar-refractivity contribution in [1.82, 2.24) is 10.2 Å². The lowest BCUT2D eigenvalue weighted by atomic mass is 10.2. The molecule has 0 spiro atoms. The fourth-order valence-electron chi connectivity index (χ4n) is 1.49. The van der Waals surface area contributed by atoms with Crippen molar-refractivity contribution in [2.75, 3.05) is 13.6 Å². The molecule has 0 saturated carbocycles. The molecule has 0 aliphatic rings. The van der Waals surface area contributed by atoms with Crippen LogP contribution in [0.2, 0.25) is 0 Å². The van der Waals surface area contributed by atoms with Gasteiger partial charge < -0.3 is 9.73 Å². The van der Waals surface area contributed by atoms with E-state index in [9.17, 15) is 0 Å². The summed E-state index contributed by atoms with van der Waals surface area (Å²) < 4.78 is 5.50. The van der Waals surface area contributed by atoms with Crippen LogP contribution in [0.3, 0.4) is 0 Å². The Balaban J connectivity index is 2.50. The molecule has 0 fully saturated rings. The molecule has 0 aromatic carbocycles. The maximum absolute atomic E-state index is 5.50. The van der Waals surface area contributed by atoms with E-state index < -0.39 is 0 Å². The van der Waals surface area contributed by atoms with Crippen molar-refractivity contribution >= 4 is 0 Å². The lowest BCUT2D eigenvalue weighted by Gasteiger charge is -2.20. The van der Waals surface area contributed by atoms with Crippen LogP contribution in [-0.4, -0.2) is 24.5 Å². The van der Waals surface area contributed by atoms with Crippen LogP contribution in [0, 0.1) is 0 Å². The molecule has 0 bridgehead atoms. The molecule has 0 saturated heterocycles. The Kier molecular flexibility index (Phi) is 5.56. The Morgan fingerprint density at radius 2 is 2.19 bits per heavy atom. The Labute approximate surface area is 98.8 Å². The third-order valence-corrected chi connectivity index (χ3v) is 2.85. The molecule has 1 rings (SSSR count). The molecule has 1 aromatic heterocycles. The van der Waals surface area contributed by atoms with E-state index in [4.69, 9.17) is 4.42 Å². The zero-order chi connectivity index (χ0) is 12.0. The first-order valence-electron chi connectivity index (χ1n) is 6.11. The lowest BCUT2D eigenvalue weighted by Crippen LogP contribution is -2.26. The Hall–Kier alpha value is -0.800. The highest BCUT2D eigenvalue weighted by Crippen LogP contribution is 2.13. The highest BCUT2D eigenvalue weighted by molar-refractivity contribution is 5.16. The Bertz CT molecular complexity index is 294. The topological polar surface area (TPSA) is 28.4 Å². The first-order valence-corrected chi connectivity index (χ1v) is 6.11. The van der Waals surface area contributed by atoms with Crippen LogP contribution in [0.25, 0.3) is 0 Å².